The quantitative estimate of drug-likeness (QED) is 0.365. The van der Waals surface area contributed by atoms with E-state index in [0.717, 1.165) is 37.1 Å². The van der Waals surface area contributed by atoms with E-state index in [4.69, 9.17) is 16.3 Å². The van der Waals surface area contributed by atoms with Gasteiger partial charge >= 0.3 is 12.2 Å². The maximum Gasteiger partial charge on any atom is 0.411 e. The van der Waals surface area contributed by atoms with Gasteiger partial charge in [0.2, 0.25) is 0 Å². The number of rotatable bonds is 8. The first-order valence-corrected chi connectivity index (χ1v) is 12.6. The van der Waals surface area contributed by atoms with Crippen molar-refractivity contribution in [2.75, 3.05) is 25.5 Å². The van der Waals surface area contributed by atoms with Crippen molar-refractivity contribution in [3.05, 3.63) is 77.1 Å². The third-order valence-electron chi connectivity index (χ3n) is 6.23. The van der Waals surface area contributed by atoms with E-state index in [1.165, 1.54) is 7.11 Å². The highest BCUT2D eigenvalue weighted by molar-refractivity contribution is 6.32. The summed E-state index contributed by atoms with van der Waals surface area (Å²) in [6.45, 7) is 2.05. The van der Waals surface area contributed by atoms with E-state index in [0.29, 0.717) is 29.3 Å². The minimum Gasteiger partial charge on any atom is -0.453 e. The molecule has 194 valence electrons. The molecule has 2 aromatic carbocycles. The summed E-state index contributed by atoms with van der Waals surface area (Å²) in [4.78, 5) is 24.2. The number of nitrogens with one attached hydrogen (secondary N) is 3. The van der Waals surface area contributed by atoms with E-state index in [1.54, 1.807) is 12.1 Å². The van der Waals surface area contributed by atoms with Crippen LogP contribution >= 0.6 is 11.6 Å². The Kier molecular flexibility index (Phi) is 9.29. The summed E-state index contributed by atoms with van der Waals surface area (Å²) in [6.07, 6.45) is 1.76. The van der Waals surface area contributed by atoms with Crippen molar-refractivity contribution in [3.8, 4) is 11.1 Å². The Bertz CT molecular complexity index is 1190. The molecule has 1 aliphatic heterocycles. The number of aromatic nitrogens is 2. The van der Waals surface area contributed by atoms with Crippen LogP contribution in [0.25, 0.3) is 11.1 Å². The molecule has 1 aliphatic rings. The number of anilines is 1. The van der Waals surface area contributed by atoms with Gasteiger partial charge in [-0.25, -0.2) is 9.59 Å². The molecule has 0 aliphatic carbocycles. The second-order valence-electron chi connectivity index (χ2n) is 8.87. The highest BCUT2D eigenvalue weighted by atomic mass is 35.5. The lowest BCUT2D eigenvalue weighted by atomic mass is 9.90. The number of amides is 2. The van der Waals surface area contributed by atoms with Crippen molar-refractivity contribution in [1.82, 2.24) is 20.8 Å². The van der Waals surface area contributed by atoms with E-state index in [1.807, 2.05) is 48.5 Å². The Morgan fingerprint density at radius 3 is 2.59 bits per heavy atom. The van der Waals surface area contributed by atoms with Crippen LogP contribution in [0.5, 0.6) is 0 Å². The first-order valence-electron chi connectivity index (χ1n) is 12.2. The van der Waals surface area contributed by atoms with Crippen molar-refractivity contribution in [3.63, 3.8) is 0 Å². The molecule has 1 aromatic heterocycles. The number of ether oxygens (including phenoxy) is 2. The van der Waals surface area contributed by atoms with Crippen LogP contribution in [0.3, 0.4) is 0 Å². The number of carbonyl (C=O) groups is 2. The summed E-state index contributed by atoms with van der Waals surface area (Å²) in [5.74, 6) is 0.373. The molecule has 2 amide bonds. The van der Waals surface area contributed by atoms with Crippen LogP contribution in [-0.2, 0) is 16.1 Å². The summed E-state index contributed by atoms with van der Waals surface area (Å²) in [5.41, 5.74) is 3.55. The van der Waals surface area contributed by atoms with Crippen LogP contribution in [0.1, 0.15) is 36.6 Å². The number of alkyl carbamates (subject to hydrolysis) is 1. The van der Waals surface area contributed by atoms with E-state index in [-0.39, 0.29) is 11.8 Å². The number of benzene rings is 2. The predicted molar refractivity (Wildman–Crippen MR) is 141 cm³/mol. The zero-order chi connectivity index (χ0) is 26.0. The lowest BCUT2D eigenvalue weighted by Gasteiger charge is -2.27. The van der Waals surface area contributed by atoms with Crippen molar-refractivity contribution in [1.29, 1.82) is 0 Å². The van der Waals surface area contributed by atoms with Gasteiger partial charge in [0.25, 0.3) is 0 Å². The fourth-order valence-corrected chi connectivity index (χ4v) is 4.49. The molecule has 0 bridgehead atoms. The number of hydrogen-bond acceptors (Lipinski definition) is 7. The van der Waals surface area contributed by atoms with E-state index >= 15 is 0 Å². The van der Waals surface area contributed by atoms with Gasteiger partial charge in [-0.2, -0.15) is 5.10 Å². The summed E-state index contributed by atoms with van der Waals surface area (Å²) >= 11 is 6.41. The summed E-state index contributed by atoms with van der Waals surface area (Å²) in [6, 6.07) is 18.1. The third-order valence-corrected chi connectivity index (χ3v) is 6.50. The monoisotopic (exact) mass is 523 g/mol. The van der Waals surface area contributed by atoms with Gasteiger partial charge in [0.15, 0.2) is 5.15 Å². The highest BCUT2D eigenvalue weighted by Crippen LogP contribution is 2.31. The zero-order valence-electron chi connectivity index (χ0n) is 20.6. The van der Waals surface area contributed by atoms with Crippen LogP contribution in [0.2, 0.25) is 5.15 Å². The Morgan fingerprint density at radius 1 is 1.11 bits per heavy atom. The van der Waals surface area contributed by atoms with Crippen LogP contribution < -0.4 is 16.0 Å². The van der Waals surface area contributed by atoms with Crippen molar-refractivity contribution < 1.29 is 19.1 Å². The normalized spacial score (nSPS) is 15.9. The highest BCUT2D eigenvalue weighted by Gasteiger charge is 2.25. The smallest absolute Gasteiger partial charge is 0.411 e. The molecule has 9 nitrogen and oxygen atoms in total. The molecule has 1 fully saturated rings. The zero-order valence-corrected chi connectivity index (χ0v) is 21.3. The van der Waals surface area contributed by atoms with Gasteiger partial charge in [0.05, 0.1) is 18.8 Å². The molecule has 1 saturated heterocycles. The van der Waals surface area contributed by atoms with E-state index in [9.17, 15) is 9.59 Å². The standard InChI is InChI=1S/C27H30ClN5O4/c1-36-26(34)30-21-11-9-20(10-12-21)22-15-24(32-33-25(22)28)23(14-19-8-5-13-29-16-19)31-27(35)37-17-18-6-3-2-4-7-18/h2-4,6-7,9-12,15,19,23,29H,5,8,13-14,16-17H2,1H3,(H,30,34)(H,31,35)/t19?,23-/m0/s1. The Hall–Kier alpha value is -3.69. The second-order valence-corrected chi connectivity index (χ2v) is 9.23. The number of hydrogen-bond donors (Lipinski definition) is 3. The van der Waals surface area contributed by atoms with Crippen LogP contribution in [0, 0.1) is 5.92 Å². The van der Waals surface area contributed by atoms with Gasteiger partial charge in [-0.05, 0) is 67.6 Å². The third kappa shape index (κ3) is 7.65. The molecule has 3 N–H and O–H groups in total. The van der Waals surface area contributed by atoms with Gasteiger partial charge in [0, 0.05) is 11.3 Å². The maximum absolute atomic E-state index is 12.7. The first kappa shape index (κ1) is 26.4. The van der Waals surface area contributed by atoms with Crippen LogP contribution in [0.15, 0.2) is 60.7 Å². The Labute approximate surface area is 220 Å². The number of carbonyl (C=O) groups excluding carboxylic acids is 2. The average molecular weight is 524 g/mol. The fraction of sp³-hybridized carbons (Fsp3) is 0.333. The molecule has 0 spiro atoms. The Morgan fingerprint density at radius 2 is 1.89 bits per heavy atom. The number of nitrogens with zero attached hydrogens (tertiary/aromatic N) is 2. The topological polar surface area (TPSA) is 114 Å². The molecular weight excluding hydrogens is 494 g/mol. The van der Waals surface area contributed by atoms with E-state index in [2.05, 4.69) is 30.9 Å². The molecule has 37 heavy (non-hydrogen) atoms. The fourth-order valence-electron chi connectivity index (χ4n) is 4.29. The van der Waals surface area contributed by atoms with Gasteiger partial charge in [-0.3, -0.25) is 5.32 Å². The molecule has 1 unspecified atom stereocenters. The van der Waals surface area contributed by atoms with E-state index < -0.39 is 18.2 Å². The lowest BCUT2D eigenvalue weighted by Crippen LogP contribution is -2.35. The molecule has 4 rings (SSSR count). The predicted octanol–water partition coefficient (Wildman–Crippen LogP) is 5.33. The lowest BCUT2D eigenvalue weighted by molar-refractivity contribution is 0.133. The average Bonchev–Trinajstić information content (AvgIpc) is 2.93. The SMILES string of the molecule is COC(=O)Nc1ccc(-c2cc([C@H](CC3CCCNC3)NC(=O)OCc3ccccc3)nnc2Cl)cc1. The first-order chi connectivity index (χ1) is 18.0. The molecule has 2 heterocycles. The summed E-state index contributed by atoms with van der Waals surface area (Å²) in [5, 5.41) is 17.8. The minimum atomic E-state index is -0.552. The van der Waals surface area contributed by atoms with Gasteiger partial charge in [-0.1, -0.05) is 54.1 Å². The second kappa shape index (κ2) is 13.0. The molecule has 10 heteroatoms. The Balaban J connectivity index is 1.53. The van der Waals surface area contributed by atoms with Crippen LogP contribution in [-0.4, -0.2) is 42.6 Å². The van der Waals surface area contributed by atoms with Crippen LogP contribution in [0.4, 0.5) is 15.3 Å². The van der Waals surface area contributed by atoms with Gasteiger partial charge in [0.1, 0.15) is 6.61 Å². The largest absolute Gasteiger partial charge is 0.453 e. The number of piperidine rings is 1. The molecule has 0 saturated carbocycles. The molecular formula is C27H30ClN5O4. The molecule has 0 radical (unpaired) electrons. The number of halogens is 1. The number of methoxy groups -OCH3 is 1. The summed E-state index contributed by atoms with van der Waals surface area (Å²) in [7, 11) is 1.30. The van der Waals surface area contributed by atoms with Crippen molar-refractivity contribution >= 4 is 29.5 Å². The molecule has 3 aromatic rings. The van der Waals surface area contributed by atoms with Crippen molar-refractivity contribution in [2.45, 2.75) is 31.9 Å². The van der Waals surface area contributed by atoms with Gasteiger partial charge < -0.3 is 20.1 Å². The van der Waals surface area contributed by atoms with Gasteiger partial charge in [-0.15, -0.1) is 5.10 Å². The van der Waals surface area contributed by atoms with Crippen molar-refractivity contribution in [2.24, 2.45) is 5.92 Å². The maximum atomic E-state index is 12.7. The summed E-state index contributed by atoms with van der Waals surface area (Å²) < 4.78 is 10.1. The molecule has 2 atom stereocenters. The minimum absolute atomic E-state index is 0.174.